The van der Waals surface area contributed by atoms with Crippen molar-refractivity contribution < 1.29 is 0 Å². The van der Waals surface area contributed by atoms with Crippen molar-refractivity contribution in [1.29, 1.82) is 0 Å². The molecule has 0 amide bonds. The number of hydrogen-bond acceptors (Lipinski definition) is 0. The predicted molar refractivity (Wildman–Crippen MR) is 94.6 cm³/mol. The van der Waals surface area contributed by atoms with Gasteiger partial charge in [-0.25, -0.2) is 0 Å². The number of hydrogen-bond donors (Lipinski definition) is 0. The maximum Gasteiger partial charge on any atom is -0.00487 e. The molecule has 0 N–H and O–H groups in total. The first-order valence-electron chi connectivity index (χ1n) is 8.87. The number of rotatable bonds is 3. The Labute approximate surface area is 134 Å². The van der Waals surface area contributed by atoms with Crippen LogP contribution in [0.25, 0.3) is 11.1 Å². The third kappa shape index (κ3) is 2.12. The Morgan fingerprint density at radius 2 is 1.55 bits per heavy atom. The molecule has 1 fully saturated rings. The molecule has 0 aromatic heterocycles. The van der Waals surface area contributed by atoms with E-state index in [1.807, 2.05) is 0 Å². The second kappa shape index (κ2) is 4.98. The summed E-state index contributed by atoms with van der Waals surface area (Å²) in [6, 6.07) is 12.1. The first kappa shape index (κ1) is 14.1. The van der Waals surface area contributed by atoms with Gasteiger partial charge in [-0.3, -0.25) is 0 Å². The fourth-order valence-electron chi connectivity index (χ4n) is 4.28. The minimum Gasteiger partial charge on any atom is -0.0645 e. The lowest BCUT2D eigenvalue weighted by molar-refractivity contribution is 0.664. The van der Waals surface area contributed by atoms with Crippen molar-refractivity contribution in [3.8, 4) is 11.1 Å². The Balaban J connectivity index is 1.84. The molecule has 2 aliphatic carbocycles. The number of aryl methyl sites for hydroxylation is 4. The van der Waals surface area contributed by atoms with Gasteiger partial charge in [-0.05, 0) is 96.7 Å². The Kier molecular flexibility index (Phi) is 3.18. The highest BCUT2D eigenvalue weighted by atomic mass is 14.5. The van der Waals surface area contributed by atoms with Crippen molar-refractivity contribution in [2.24, 2.45) is 0 Å². The molecule has 2 aromatic carbocycles. The van der Waals surface area contributed by atoms with Crippen molar-refractivity contribution in [2.75, 3.05) is 0 Å². The standard InChI is InChI=1S/C22H26/c1-4-22(10-11-22)19-9-8-15(2)21(14-19)20-13-18-7-5-6-17(18)12-16(20)3/h8-9,12-14H,4-7,10-11H2,1-3H3. The van der Waals surface area contributed by atoms with Crippen LogP contribution in [0.2, 0.25) is 0 Å². The summed E-state index contributed by atoms with van der Waals surface area (Å²) in [7, 11) is 0. The van der Waals surface area contributed by atoms with Gasteiger partial charge in [0.25, 0.3) is 0 Å². The third-order valence-corrected chi connectivity index (χ3v) is 6.11. The SMILES string of the molecule is CCC1(c2ccc(C)c(-c3cc4c(cc3C)CCC4)c2)CC1. The average Bonchev–Trinajstić information content (AvgIpc) is 3.19. The summed E-state index contributed by atoms with van der Waals surface area (Å²) in [6.45, 7) is 6.89. The molecule has 0 nitrogen and oxygen atoms in total. The van der Waals surface area contributed by atoms with Crippen molar-refractivity contribution in [3.05, 3.63) is 58.1 Å². The van der Waals surface area contributed by atoms with Gasteiger partial charge >= 0.3 is 0 Å². The second-order valence-corrected chi connectivity index (χ2v) is 7.45. The van der Waals surface area contributed by atoms with E-state index in [1.54, 1.807) is 16.7 Å². The van der Waals surface area contributed by atoms with Crippen molar-refractivity contribution in [2.45, 2.75) is 64.7 Å². The van der Waals surface area contributed by atoms with E-state index in [0.29, 0.717) is 5.41 Å². The molecular formula is C22H26. The van der Waals surface area contributed by atoms with E-state index in [2.05, 4.69) is 51.1 Å². The van der Waals surface area contributed by atoms with Crippen LogP contribution in [-0.4, -0.2) is 0 Å². The molecule has 22 heavy (non-hydrogen) atoms. The predicted octanol–water partition coefficient (Wildman–Crippen LogP) is 5.90. The van der Waals surface area contributed by atoms with Gasteiger partial charge in [0, 0.05) is 0 Å². The van der Waals surface area contributed by atoms with Crippen LogP contribution in [-0.2, 0) is 18.3 Å². The Morgan fingerprint density at radius 1 is 0.864 bits per heavy atom. The first-order chi connectivity index (χ1) is 10.6. The van der Waals surface area contributed by atoms with Gasteiger partial charge in [-0.1, -0.05) is 37.3 Å². The lowest BCUT2D eigenvalue weighted by Crippen LogP contribution is -2.05. The zero-order valence-corrected chi connectivity index (χ0v) is 14.1. The summed E-state index contributed by atoms with van der Waals surface area (Å²) in [5.74, 6) is 0. The summed E-state index contributed by atoms with van der Waals surface area (Å²) in [5, 5.41) is 0. The van der Waals surface area contributed by atoms with Crippen LogP contribution >= 0.6 is 0 Å². The Hall–Kier alpha value is -1.56. The van der Waals surface area contributed by atoms with Gasteiger partial charge in [-0.2, -0.15) is 0 Å². The molecule has 0 unspecified atom stereocenters. The van der Waals surface area contributed by atoms with Crippen LogP contribution in [0.5, 0.6) is 0 Å². The molecule has 0 heteroatoms. The first-order valence-corrected chi connectivity index (χ1v) is 8.87. The molecule has 0 radical (unpaired) electrons. The smallest absolute Gasteiger partial charge is 0.00487 e. The van der Waals surface area contributed by atoms with Gasteiger partial charge in [0.05, 0.1) is 0 Å². The molecular weight excluding hydrogens is 264 g/mol. The van der Waals surface area contributed by atoms with Crippen LogP contribution in [0.3, 0.4) is 0 Å². The zero-order chi connectivity index (χ0) is 15.3. The van der Waals surface area contributed by atoms with Crippen molar-refractivity contribution >= 4 is 0 Å². The monoisotopic (exact) mass is 290 g/mol. The molecule has 4 rings (SSSR count). The Bertz CT molecular complexity index is 732. The average molecular weight is 290 g/mol. The minimum absolute atomic E-state index is 0.493. The van der Waals surface area contributed by atoms with Gasteiger partial charge in [0.2, 0.25) is 0 Å². The van der Waals surface area contributed by atoms with E-state index in [0.717, 1.165) is 0 Å². The zero-order valence-electron chi connectivity index (χ0n) is 14.1. The largest absolute Gasteiger partial charge is 0.0645 e. The third-order valence-electron chi connectivity index (χ3n) is 6.11. The molecule has 0 heterocycles. The van der Waals surface area contributed by atoms with Crippen LogP contribution in [0, 0.1) is 13.8 Å². The fraction of sp³-hybridized carbons (Fsp3) is 0.455. The van der Waals surface area contributed by atoms with Crippen LogP contribution < -0.4 is 0 Å². The van der Waals surface area contributed by atoms with E-state index in [1.165, 1.54) is 60.8 Å². The summed E-state index contributed by atoms with van der Waals surface area (Å²) in [4.78, 5) is 0. The quantitative estimate of drug-likeness (QED) is 0.660. The van der Waals surface area contributed by atoms with Gasteiger partial charge in [-0.15, -0.1) is 0 Å². The maximum atomic E-state index is 2.50. The van der Waals surface area contributed by atoms with Gasteiger partial charge < -0.3 is 0 Å². The molecule has 0 bridgehead atoms. The molecule has 0 saturated heterocycles. The summed E-state index contributed by atoms with van der Waals surface area (Å²) in [5.41, 5.74) is 11.0. The van der Waals surface area contributed by atoms with Gasteiger partial charge in [0.15, 0.2) is 0 Å². The van der Waals surface area contributed by atoms with E-state index in [9.17, 15) is 0 Å². The van der Waals surface area contributed by atoms with E-state index in [-0.39, 0.29) is 0 Å². The lowest BCUT2D eigenvalue weighted by Gasteiger charge is -2.18. The molecule has 1 saturated carbocycles. The number of benzene rings is 2. The van der Waals surface area contributed by atoms with Gasteiger partial charge in [0.1, 0.15) is 0 Å². The summed E-state index contributed by atoms with van der Waals surface area (Å²) >= 11 is 0. The highest BCUT2D eigenvalue weighted by Crippen LogP contribution is 2.51. The van der Waals surface area contributed by atoms with Crippen molar-refractivity contribution in [1.82, 2.24) is 0 Å². The molecule has 0 aliphatic heterocycles. The van der Waals surface area contributed by atoms with Crippen LogP contribution in [0.15, 0.2) is 30.3 Å². The Morgan fingerprint density at radius 3 is 2.23 bits per heavy atom. The maximum absolute atomic E-state index is 2.50. The van der Waals surface area contributed by atoms with E-state index < -0.39 is 0 Å². The highest BCUT2D eigenvalue weighted by Gasteiger charge is 2.42. The fourth-order valence-corrected chi connectivity index (χ4v) is 4.28. The summed E-state index contributed by atoms with van der Waals surface area (Å²) in [6.07, 6.45) is 7.88. The molecule has 0 atom stereocenters. The van der Waals surface area contributed by atoms with Crippen LogP contribution in [0.4, 0.5) is 0 Å². The lowest BCUT2D eigenvalue weighted by atomic mass is 9.87. The normalized spacial score (nSPS) is 18.3. The highest BCUT2D eigenvalue weighted by molar-refractivity contribution is 5.73. The van der Waals surface area contributed by atoms with E-state index in [4.69, 9.17) is 0 Å². The van der Waals surface area contributed by atoms with Crippen LogP contribution in [0.1, 0.15) is 60.4 Å². The molecule has 2 aliphatic rings. The number of fused-ring (bicyclic) bond motifs is 1. The summed E-state index contributed by atoms with van der Waals surface area (Å²) < 4.78 is 0. The molecule has 2 aromatic rings. The minimum atomic E-state index is 0.493. The van der Waals surface area contributed by atoms with Crippen molar-refractivity contribution in [3.63, 3.8) is 0 Å². The van der Waals surface area contributed by atoms with E-state index >= 15 is 0 Å². The topological polar surface area (TPSA) is 0 Å². The molecule has 114 valence electrons. The molecule has 0 spiro atoms. The second-order valence-electron chi connectivity index (χ2n) is 7.45.